The van der Waals surface area contributed by atoms with Crippen LogP contribution in [0, 0.1) is 0 Å². The minimum atomic E-state index is 0.179. The number of hydrogen-bond donors (Lipinski definition) is 2. The lowest BCUT2D eigenvalue weighted by molar-refractivity contribution is 0.0169. The van der Waals surface area contributed by atoms with E-state index in [-0.39, 0.29) is 6.04 Å². The van der Waals surface area contributed by atoms with Gasteiger partial charge in [-0.2, -0.15) is 0 Å². The van der Waals surface area contributed by atoms with Crippen molar-refractivity contribution < 1.29 is 14.2 Å². The predicted octanol–water partition coefficient (Wildman–Crippen LogP) is 2.12. The highest BCUT2D eigenvalue weighted by Gasteiger charge is 2.24. The summed E-state index contributed by atoms with van der Waals surface area (Å²) in [5.74, 6) is 2.33. The van der Waals surface area contributed by atoms with Crippen molar-refractivity contribution in [2.45, 2.75) is 37.8 Å². The van der Waals surface area contributed by atoms with E-state index in [1.807, 2.05) is 13.1 Å². The fourth-order valence-corrected chi connectivity index (χ4v) is 4.70. The fraction of sp³-hybridized carbons (Fsp3) is 0.708. The zero-order valence-electron chi connectivity index (χ0n) is 20.2. The van der Waals surface area contributed by atoms with Gasteiger partial charge in [-0.05, 0) is 37.6 Å². The molecular weight excluding hydrogens is 406 g/mol. The number of ether oxygens (including phenoxy) is 3. The standard InChI is InChI=1S/C24H41N5O3/c1-25-24(26-11-12-28(2)20-7-5-6-8-20)27-18-21(29-13-15-32-16-14-29)19-9-10-22(30-3)23(17-19)31-4/h9-10,17,20-21H,5-8,11-16,18H2,1-4H3,(H2,25,26,27). The van der Waals surface area contributed by atoms with Crippen molar-refractivity contribution in [2.75, 3.05) is 74.3 Å². The van der Waals surface area contributed by atoms with E-state index in [0.717, 1.165) is 69.4 Å². The smallest absolute Gasteiger partial charge is 0.191 e. The Balaban J connectivity index is 1.60. The molecule has 1 heterocycles. The maximum Gasteiger partial charge on any atom is 0.191 e. The average Bonchev–Trinajstić information content (AvgIpc) is 3.38. The van der Waals surface area contributed by atoms with Gasteiger partial charge in [-0.1, -0.05) is 18.9 Å². The van der Waals surface area contributed by atoms with Crippen LogP contribution in [0.25, 0.3) is 0 Å². The van der Waals surface area contributed by atoms with Gasteiger partial charge < -0.3 is 29.7 Å². The Kier molecular flexibility index (Phi) is 9.89. The molecule has 1 unspecified atom stereocenters. The van der Waals surface area contributed by atoms with Gasteiger partial charge in [0.15, 0.2) is 17.5 Å². The van der Waals surface area contributed by atoms with Crippen LogP contribution >= 0.6 is 0 Å². The molecule has 0 aromatic heterocycles. The van der Waals surface area contributed by atoms with Gasteiger partial charge in [0, 0.05) is 45.8 Å². The number of nitrogens with one attached hydrogen (secondary N) is 2. The molecule has 3 rings (SSSR count). The Hall–Kier alpha value is -2.03. The number of methoxy groups -OCH3 is 2. The van der Waals surface area contributed by atoms with Gasteiger partial charge in [-0.3, -0.25) is 9.89 Å². The lowest BCUT2D eigenvalue weighted by Gasteiger charge is -2.35. The van der Waals surface area contributed by atoms with Crippen molar-refractivity contribution in [2.24, 2.45) is 4.99 Å². The van der Waals surface area contributed by atoms with E-state index in [9.17, 15) is 0 Å². The van der Waals surface area contributed by atoms with Gasteiger partial charge in [0.05, 0.1) is 33.5 Å². The summed E-state index contributed by atoms with van der Waals surface area (Å²) in [6.45, 7) is 5.96. The number of rotatable bonds is 10. The fourth-order valence-electron chi connectivity index (χ4n) is 4.70. The minimum absolute atomic E-state index is 0.179. The number of nitrogens with zero attached hydrogens (tertiary/aromatic N) is 3. The molecule has 1 aliphatic heterocycles. The molecule has 0 amide bonds. The van der Waals surface area contributed by atoms with E-state index in [0.29, 0.717) is 0 Å². The first-order chi connectivity index (χ1) is 15.7. The third-order valence-corrected chi connectivity index (χ3v) is 6.67. The monoisotopic (exact) mass is 447 g/mol. The first-order valence-electron chi connectivity index (χ1n) is 11.8. The molecule has 8 nitrogen and oxygen atoms in total. The number of benzene rings is 1. The van der Waals surface area contributed by atoms with Gasteiger partial charge in [0.2, 0.25) is 0 Å². The summed E-state index contributed by atoms with van der Waals surface area (Å²) in [6.07, 6.45) is 5.39. The van der Waals surface area contributed by atoms with Crippen molar-refractivity contribution in [3.05, 3.63) is 23.8 Å². The lowest BCUT2D eigenvalue weighted by Crippen LogP contribution is -2.47. The van der Waals surface area contributed by atoms with E-state index >= 15 is 0 Å². The Morgan fingerprint density at radius 3 is 2.53 bits per heavy atom. The Morgan fingerprint density at radius 2 is 1.88 bits per heavy atom. The summed E-state index contributed by atoms with van der Waals surface area (Å²) in [5.41, 5.74) is 1.19. The molecule has 1 saturated heterocycles. The Labute approximate surface area is 193 Å². The van der Waals surface area contributed by atoms with Crippen LogP contribution in [0.3, 0.4) is 0 Å². The SMILES string of the molecule is CN=C(NCCN(C)C1CCCC1)NCC(c1ccc(OC)c(OC)c1)N1CCOCC1. The Morgan fingerprint density at radius 1 is 1.16 bits per heavy atom. The van der Waals surface area contributed by atoms with E-state index < -0.39 is 0 Å². The predicted molar refractivity (Wildman–Crippen MR) is 129 cm³/mol. The molecule has 2 aliphatic rings. The first kappa shape index (κ1) is 24.6. The summed E-state index contributed by atoms with van der Waals surface area (Å²) < 4.78 is 16.6. The molecule has 2 N–H and O–H groups in total. The maximum absolute atomic E-state index is 5.58. The van der Waals surface area contributed by atoms with Gasteiger partial charge in [0.25, 0.3) is 0 Å². The van der Waals surface area contributed by atoms with Crippen molar-refractivity contribution in [1.29, 1.82) is 0 Å². The number of guanidine groups is 1. The van der Waals surface area contributed by atoms with Crippen LogP contribution in [-0.4, -0.2) is 96.1 Å². The second kappa shape index (κ2) is 12.9. The number of hydrogen-bond acceptors (Lipinski definition) is 6. The molecule has 1 aromatic rings. The molecule has 2 fully saturated rings. The van der Waals surface area contributed by atoms with E-state index in [2.05, 4.69) is 44.6 Å². The third-order valence-electron chi connectivity index (χ3n) is 6.67. The second-order valence-corrected chi connectivity index (χ2v) is 8.58. The molecule has 8 heteroatoms. The van der Waals surface area contributed by atoms with E-state index in [1.165, 1.54) is 31.2 Å². The van der Waals surface area contributed by atoms with Crippen molar-refractivity contribution >= 4 is 5.96 Å². The van der Waals surface area contributed by atoms with Crippen LogP contribution in [0.4, 0.5) is 0 Å². The van der Waals surface area contributed by atoms with Gasteiger partial charge >= 0.3 is 0 Å². The van der Waals surface area contributed by atoms with Crippen LogP contribution < -0.4 is 20.1 Å². The molecule has 0 radical (unpaired) electrons. The van der Waals surface area contributed by atoms with Gasteiger partial charge in [0.1, 0.15) is 0 Å². The highest BCUT2D eigenvalue weighted by molar-refractivity contribution is 5.79. The molecule has 1 aromatic carbocycles. The highest BCUT2D eigenvalue weighted by atomic mass is 16.5. The first-order valence-corrected chi connectivity index (χ1v) is 11.8. The van der Waals surface area contributed by atoms with Crippen LogP contribution in [0.15, 0.2) is 23.2 Å². The van der Waals surface area contributed by atoms with Crippen LogP contribution in [0.1, 0.15) is 37.3 Å². The van der Waals surface area contributed by atoms with Crippen LogP contribution in [-0.2, 0) is 4.74 Å². The molecule has 1 atom stereocenters. The minimum Gasteiger partial charge on any atom is -0.493 e. The van der Waals surface area contributed by atoms with Crippen LogP contribution in [0.5, 0.6) is 11.5 Å². The molecule has 180 valence electrons. The zero-order chi connectivity index (χ0) is 22.8. The quantitative estimate of drug-likeness (QED) is 0.421. The topological polar surface area (TPSA) is 70.6 Å². The summed E-state index contributed by atoms with van der Waals surface area (Å²) in [6, 6.07) is 7.09. The lowest BCUT2D eigenvalue weighted by atomic mass is 10.0. The molecule has 1 aliphatic carbocycles. The van der Waals surface area contributed by atoms with Crippen molar-refractivity contribution in [1.82, 2.24) is 20.4 Å². The largest absolute Gasteiger partial charge is 0.493 e. The number of aliphatic imine (C=N–C) groups is 1. The Bertz CT molecular complexity index is 718. The summed E-state index contributed by atoms with van der Waals surface area (Å²) in [7, 11) is 7.41. The molecule has 0 spiro atoms. The number of likely N-dealkylation sites (N-methyl/N-ethyl adjacent to an activating group) is 1. The molecule has 0 bridgehead atoms. The summed E-state index contributed by atoms with van der Waals surface area (Å²) >= 11 is 0. The van der Waals surface area contributed by atoms with Gasteiger partial charge in [-0.15, -0.1) is 0 Å². The van der Waals surface area contributed by atoms with Crippen molar-refractivity contribution in [3.8, 4) is 11.5 Å². The molecule has 32 heavy (non-hydrogen) atoms. The highest BCUT2D eigenvalue weighted by Crippen LogP contribution is 2.32. The summed E-state index contributed by atoms with van der Waals surface area (Å²) in [4.78, 5) is 9.38. The van der Waals surface area contributed by atoms with E-state index in [1.54, 1.807) is 14.2 Å². The maximum atomic E-state index is 5.58. The third kappa shape index (κ3) is 6.73. The van der Waals surface area contributed by atoms with Crippen LogP contribution in [0.2, 0.25) is 0 Å². The number of morpholine rings is 1. The van der Waals surface area contributed by atoms with Gasteiger partial charge in [-0.25, -0.2) is 0 Å². The second-order valence-electron chi connectivity index (χ2n) is 8.58. The summed E-state index contributed by atoms with van der Waals surface area (Å²) in [5, 5.41) is 7.02. The molecular formula is C24H41N5O3. The normalized spacial score (nSPS) is 19.2. The average molecular weight is 448 g/mol. The zero-order valence-corrected chi connectivity index (χ0v) is 20.2. The van der Waals surface area contributed by atoms with E-state index in [4.69, 9.17) is 14.2 Å². The van der Waals surface area contributed by atoms with Crippen molar-refractivity contribution in [3.63, 3.8) is 0 Å². The molecule has 1 saturated carbocycles.